The second-order valence-electron chi connectivity index (χ2n) is 8.58. The SMILES string of the molecule is CC(Sc1nnc(Cc2cccs2)n1C1CCCCC1)C(=O)N1CCC(C(N)=O)CC1. The quantitative estimate of drug-likeness (QED) is 0.635. The normalized spacial score (nSPS) is 19.5. The highest BCUT2D eigenvalue weighted by molar-refractivity contribution is 8.00. The molecule has 2 N–H and O–H groups in total. The summed E-state index contributed by atoms with van der Waals surface area (Å²) in [7, 11) is 0. The van der Waals surface area contributed by atoms with E-state index in [1.807, 2.05) is 11.8 Å². The summed E-state index contributed by atoms with van der Waals surface area (Å²) in [5, 5.41) is 11.8. The van der Waals surface area contributed by atoms with Crippen molar-refractivity contribution in [2.45, 2.75) is 74.7 Å². The van der Waals surface area contributed by atoms with Gasteiger partial charge in [0, 0.05) is 36.3 Å². The molecule has 2 aromatic heterocycles. The summed E-state index contributed by atoms with van der Waals surface area (Å²) in [6, 6.07) is 4.62. The Morgan fingerprint density at radius 2 is 1.94 bits per heavy atom. The van der Waals surface area contributed by atoms with Crippen LogP contribution in [0.1, 0.15) is 68.6 Å². The van der Waals surface area contributed by atoms with Crippen LogP contribution in [0.15, 0.2) is 22.7 Å². The molecule has 1 unspecified atom stereocenters. The van der Waals surface area contributed by atoms with Gasteiger partial charge in [0.1, 0.15) is 5.82 Å². The van der Waals surface area contributed by atoms with Crippen molar-refractivity contribution in [3.63, 3.8) is 0 Å². The largest absolute Gasteiger partial charge is 0.369 e. The summed E-state index contributed by atoms with van der Waals surface area (Å²) < 4.78 is 2.31. The fourth-order valence-corrected chi connectivity index (χ4v) is 6.36. The smallest absolute Gasteiger partial charge is 0.235 e. The van der Waals surface area contributed by atoms with Crippen LogP contribution >= 0.6 is 23.1 Å². The number of nitrogens with two attached hydrogens (primary N) is 1. The highest BCUT2D eigenvalue weighted by atomic mass is 32.2. The number of carbonyl (C=O) groups excluding carboxylic acids is 2. The number of thiophene rings is 1. The molecule has 1 aliphatic heterocycles. The first-order chi connectivity index (χ1) is 15.0. The number of nitrogens with zero attached hydrogens (tertiary/aromatic N) is 4. The third-order valence-corrected chi connectivity index (χ3v) is 8.35. The minimum atomic E-state index is -0.256. The number of aromatic nitrogens is 3. The van der Waals surface area contributed by atoms with Crippen molar-refractivity contribution < 1.29 is 9.59 Å². The maximum atomic E-state index is 13.1. The van der Waals surface area contributed by atoms with Crippen LogP contribution in [0.5, 0.6) is 0 Å². The zero-order valence-electron chi connectivity index (χ0n) is 18.0. The topological polar surface area (TPSA) is 94.1 Å². The number of hydrogen-bond acceptors (Lipinski definition) is 6. The molecule has 2 aliphatic rings. The summed E-state index contributed by atoms with van der Waals surface area (Å²) >= 11 is 3.26. The highest BCUT2D eigenvalue weighted by Crippen LogP contribution is 2.35. The van der Waals surface area contributed by atoms with Gasteiger partial charge in [-0.1, -0.05) is 37.1 Å². The Morgan fingerprint density at radius 3 is 2.58 bits per heavy atom. The van der Waals surface area contributed by atoms with Crippen molar-refractivity contribution >= 4 is 34.9 Å². The lowest BCUT2D eigenvalue weighted by molar-refractivity contribution is -0.134. The Balaban J connectivity index is 1.47. The third-order valence-electron chi connectivity index (χ3n) is 6.43. The molecule has 9 heteroatoms. The second-order valence-corrected chi connectivity index (χ2v) is 10.9. The lowest BCUT2D eigenvalue weighted by Crippen LogP contribution is -2.44. The van der Waals surface area contributed by atoms with Crippen LogP contribution in [-0.2, 0) is 16.0 Å². The lowest BCUT2D eigenvalue weighted by Gasteiger charge is -2.32. The fraction of sp³-hybridized carbons (Fsp3) is 0.636. The Kier molecular flexibility index (Phi) is 7.32. The molecule has 7 nitrogen and oxygen atoms in total. The number of primary amides is 1. The Morgan fingerprint density at radius 1 is 1.19 bits per heavy atom. The van der Waals surface area contributed by atoms with Gasteiger partial charge in [0.15, 0.2) is 5.16 Å². The van der Waals surface area contributed by atoms with Gasteiger partial charge in [-0.15, -0.1) is 21.5 Å². The van der Waals surface area contributed by atoms with Crippen LogP contribution in [0, 0.1) is 5.92 Å². The molecule has 0 bridgehead atoms. The zero-order chi connectivity index (χ0) is 21.8. The van der Waals surface area contributed by atoms with Gasteiger partial charge in [-0.05, 0) is 44.1 Å². The molecule has 1 saturated heterocycles. The van der Waals surface area contributed by atoms with Crippen molar-refractivity contribution in [1.82, 2.24) is 19.7 Å². The molecule has 0 radical (unpaired) electrons. The number of piperidine rings is 1. The van der Waals surface area contributed by atoms with E-state index in [1.54, 1.807) is 11.3 Å². The van der Waals surface area contributed by atoms with Gasteiger partial charge >= 0.3 is 0 Å². The van der Waals surface area contributed by atoms with Gasteiger partial charge in [-0.3, -0.25) is 9.59 Å². The van der Waals surface area contributed by atoms with Crippen molar-refractivity contribution in [2.24, 2.45) is 11.7 Å². The van der Waals surface area contributed by atoms with Gasteiger partial charge in [0.05, 0.1) is 5.25 Å². The van der Waals surface area contributed by atoms with Crippen LogP contribution in [0.4, 0.5) is 0 Å². The summed E-state index contributed by atoms with van der Waals surface area (Å²) in [5.74, 6) is 0.735. The first kappa shape index (κ1) is 22.3. The van der Waals surface area contributed by atoms with E-state index in [1.165, 1.54) is 35.9 Å². The van der Waals surface area contributed by atoms with E-state index in [-0.39, 0.29) is 23.0 Å². The number of likely N-dealkylation sites (tertiary alicyclic amines) is 1. The molecular weight excluding hydrogens is 430 g/mol. The number of amides is 2. The second kappa shape index (κ2) is 10.2. The van der Waals surface area contributed by atoms with Crippen molar-refractivity contribution in [3.05, 3.63) is 28.2 Å². The average molecular weight is 462 g/mol. The molecule has 2 amide bonds. The van der Waals surface area contributed by atoms with Gasteiger partial charge in [-0.2, -0.15) is 0 Å². The van der Waals surface area contributed by atoms with Crippen molar-refractivity contribution in [1.29, 1.82) is 0 Å². The predicted octanol–water partition coefficient (Wildman–Crippen LogP) is 3.64. The standard InChI is InChI=1S/C22H31N5O2S2/c1-15(21(29)26-11-9-16(10-12-26)20(23)28)31-22-25-24-19(14-18-8-5-13-30-18)27(22)17-6-3-2-4-7-17/h5,8,13,15-17H,2-4,6-7,9-12,14H2,1H3,(H2,23,28). The third kappa shape index (κ3) is 5.31. The van der Waals surface area contributed by atoms with E-state index in [0.717, 1.165) is 30.2 Å². The molecule has 1 atom stereocenters. The van der Waals surface area contributed by atoms with Gasteiger partial charge in [0.25, 0.3) is 0 Å². The first-order valence-corrected chi connectivity index (χ1v) is 13.0. The van der Waals surface area contributed by atoms with E-state index in [0.29, 0.717) is 32.0 Å². The van der Waals surface area contributed by atoms with E-state index < -0.39 is 0 Å². The minimum Gasteiger partial charge on any atom is -0.369 e. The van der Waals surface area contributed by atoms with E-state index in [9.17, 15) is 9.59 Å². The molecule has 0 aromatic carbocycles. The molecule has 3 heterocycles. The van der Waals surface area contributed by atoms with E-state index in [2.05, 4.69) is 32.3 Å². The zero-order valence-corrected chi connectivity index (χ0v) is 19.7. The lowest BCUT2D eigenvalue weighted by atomic mass is 9.95. The van der Waals surface area contributed by atoms with Gasteiger partial charge in [0.2, 0.25) is 11.8 Å². The highest BCUT2D eigenvalue weighted by Gasteiger charge is 2.31. The summed E-state index contributed by atoms with van der Waals surface area (Å²) in [6.07, 6.45) is 8.13. The maximum Gasteiger partial charge on any atom is 0.235 e. The van der Waals surface area contributed by atoms with Crippen LogP contribution in [-0.4, -0.2) is 49.8 Å². The maximum absolute atomic E-state index is 13.1. The predicted molar refractivity (Wildman–Crippen MR) is 123 cm³/mol. The van der Waals surface area contributed by atoms with Gasteiger partial charge in [-0.25, -0.2) is 0 Å². The first-order valence-electron chi connectivity index (χ1n) is 11.2. The number of hydrogen-bond donors (Lipinski definition) is 1. The van der Waals surface area contributed by atoms with Crippen LogP contribution < -0.4 is 5.73 Å². The molecule has 0 spiro atoms. The van der Waals surface area contributed by atoms with Crippen LogP contribution in [0.25, 0.3) is 0 Å². The van der Waals surface area contributed by atoms with E-state index >= 15 is 0 Å². The van der Waals surface area contributed by atoms with Gasteiger partial charge < -0.3 is 15.2 Å². The average Bonchev–Trinajstić information content (AvgIpc) is 3.44. The molecule has 1 aliphatic carbocycles. The summed E-state index contributed by atoms with van der Waals surface area (Å²) in [4.78, 5) is 27.6. The van der Waals surface area contributed by atoms with Crippen molar-refractivity contribution in [2.75, 3.05) is 13.1 Å². The molecule has 168 valence electrons. The molecule has 4 rings (SSSR count). The van der Waals surface area contributed by atoms with Crippen LogP contribution in [0.3, 0.4) is 0 Å². The summed E-state index contributed by atoms with van der Waals surface area (Å²) in [6.45, 7) is 3.14. The number of rotatable bonds is 7. The van der Waals surface area contributed by atoms with Crippen LogP contribution in [0.2, 0.25) is 0 Å². The molecule has 2 fully saturated rings. The fourth-order valence-electron chi connectivity index (χ4n) is 4.63. The number of carbonyl (C=O) groups is 2. The van der Waals surface area contributed by atoms with E-state index in [4.69, 9.17) is 5.73 Å². The molecule has 1 saturated carbocycles. The molecule has 31 heavy (non-hydrogen) atoms. The summed E-state index contributed by atoms with van der Waals surface area (Å²) in [5.41, 5.74) is 5.43. The molecular formula is C22H31N5O2S2. The minimum absolute atomic E-state index is 0.103. The Bertz CT molecular complexity index is 884. The Labute approximate surface area is 191 Å². The van der Waals surface area contributed by atoms with Crippen molar-refractivity contribution in [3.8, 4) is 0 Å². The Hall–Kier alpha value is -1.87. The monoisotopic (exact) mass is 461 g/mol. The number of thioether (sulfide) groups is 1. The molecule has 2 aromatic rings.